The Morgan fingerprint density at radius 3 is 1.79 bits per heavy atom. The number of aliphatic hydroxyl groups excluding tert-OH is 1. The monoisotopic (exact) mass is 876 g/mol. The van der Waals surface area contributed by atoms with Crippen molar-refractivity contribution >= 4 is 47.3 Å². The number of hydrogen-bond acceptors (Lipinski definition) is 12. The maximum Gasteiger partial charge on any atom is 0.326 e. The lowest BCUT2D eigenvalue weighted by Gasteiger charge is -2.31. The van der Waals surface area contributed by atoms with Crippen molar-refractivity contribution in [1.82, 2.24) is 36.8 Å². The molecule has 8 atom stereocenters. The van der Waals surface area contributed by atoms with Crippen molar-refractivity contribution in [2.24, 2.45) is 29.2 Å². The maximum absolute atomic E-state index is 14.0. The van der Waals surface area contributed by atoms with Crippen LogP contribution in [-0.4, -0.2) is 136 Å². The third-order valence-corrected chi connectivity index (χ3v) is 10.5. The zero-order valence-electron chi connectivity index (χ0n) is 36.9. The van der Waals surface area contributed by atoms with Crippen molar-refractivity contribution < 1.29 is 53.7 Å². The first-order valence-electron chi connectivity index (χ1n) is 21.3. The van der Waals surface area contributed by atoms with Crippen LogP contribution in [-0.2, 0) is 44.8 Å². The molecule has 0 bridgehead atoms. The van der Waals surface area contributed by atoms with Crippen LogP contribution in [0.5, 0.6) is 5.75 Å². The van der Waals surface area contributed by atoms with Gasteiger partial charge in [0.1, 0.15) is 48.0 Å². The summed E-state index contributed by atoms with van der Waals surface area (Å²) in [7, 11) is 0. The molecule has 0 spiro atoms. The van der Waals surface area contributed by atoms with Crippen LogP contribution >= 0.6 is 0 Å². The van der Waals surface area contributed by atoms with Crippen molar-refractivity contribution in [1.29, 1.82) is 0 Å². The number of hydrogen-bond donors (Lipinski definition) is 11. The lowest BCUT2D eigenvalue weighted by molar-refractivity contribution is -0.143. The molecule has 1 saturated heterocycles. The highest BCUT2D eigenvalue weighted by atomic mass is 16.4. The summed E-state index contributed by atoms with van der Waals surface area (Å²) in [6, 6.07) is -3.52. The van der Waals surface area contributed by atoms with E-state index in [2.05, 4.69) is 31.9 Å². The number of phenolic OH excluding ortho intramolecular Hbond substituents is 1. The van der Waals surface area contributed by atoms with Gasteiger partial charge in [0.05, 0.1) is 12.6 Å². The number of phenols is 1. The number of nitrogens with one attached hydrogen (secondary N) is 6. The minimum atomic E-state index is -1.38. The Balaban J connectivity index is 2.33. The third-order valence-electron chi connectivity index (χ3n) is 10.5. The number of carbonyl (C=O) groups is 8. The Kier molecular flexibility index (Phi) is 21.8. The first kappa shape index (κ1) is 52.8. The number of likely N-dealkylation sites (tertiary alicyclic amines) is 1. The van der Waals surface area contributed by atoms with E-state index in [0.717, 1.165) is 0 Å². The fourth-order valence-corrected chi connectivity index (χ4v) is 6.89. The number of nitrogens with zero attached hydrogens (tertiary/aromatic N) is 1. The summed E-state index contributed by atoms with van der Waals surface area (Å²) in [6.07, 6.45) is 1.85. The predicted octanol–water partition coefficient (Wildman–Crippen LogP) is -1.25. The van der Waals surface area contributed by atoms with Gasteiger partial charge in [-0.3, -0.25) is 33.6 Å². The van der Waals surface area contributed by atoms with Crippen LogP contribution in [0.4, 0.5) is 0 Å². The van der Waals surface area contributed by atoms with E-state index in [-0.39, 0.29) is 43.9 Å². The van der Waals surface area contributed by atoms with Gasteiger partial charge in [0.25, 0.3) is 0 Å². The fourth-order valence-electron chi connectivity index (χ4n) is 6.89. The van der Waals surface area contributed by atoms with Gasteiger partial charge in [0.2, 0.25) is 41.4 Å². The molecule has 0 radical (unpaired) electrons. The number of amides is 7. The first-order chi connectivity index (χ1) is 29.1. The van der Waals surface area contributed by atoms with Crippen molar-refractivity contribution in [2.45, 2.75) is 142 Å². The van der Waals surface area contributed by atoms with Gasteiger partial charge in [-0.25, -0.2) is 4.79 Å². The predicted molar refractivity (Wildman–Crippen MR) is 229 cm³/mol. The molecule has 1 fully saturated rings. The molecule has 1 aliphatic rings. The first-order valence-corrected chi connectivity index (χ1v) is 21.3. The van der Waals surface area contributed by atoms with Crippen LogP contribution in [0, 0.1) is 17.8 Å². The maximum atomic E-state index is 14.0. The number of nitrogens with two attached hydrogens (primary N) is 2. The molecule has 0 aromatic heterocycles. The van der Waals surface area contributed by atoms with Gasteiger partial charge >= 0.3 is 5.97 Å². The molecule has 1 aromatic rings. The molecule has 1 aliphatic heterocycles. The van der Waals surface area contributed by atoms with Gasteiger partial charge in [-0.05, 0) is 87.4 Å². The van der Waals surface area contributed by atoms with Crippen molar-refractivity contribution in [3.05, 3.63) is 29.8 Å². The summed E-state index contributed by atoms with van der Waals surface area (Å²) in [4.78, 5) is 108. The molecule has 0 unspecified atom stereocenters. The molecule has 1 aromatic carbocycles. The van der Waals surface area contributed by atoms with Crippen molar-refractivity contribution in [3.63, 3.8) is 0 Å². The van der Waals surface area contributed by atoms with Gasteiger partial charge in [-0.2, -0.15) is 0 Å². The number of carboxylic acids is 1. The minimum Gasteiger partial charge on any atom is -0.508 e. The van der Waals surface area contributed by atoms with Gasteiger partial charge in [-0.15, -0.1) is 0 Å². The third kappa shape index (κ3) is 16.5. The van der Waals surface area contributed by atoms with Gasteiger partial charge < -0.3 is 63.6 Å². The van der Waals surface area contributed by atoms with Gasteiger partial charge in [0, 0.05) is 13.0 Å². The highest BCUT2D eigenvalue weighted by molar-refractivity contribution is 5.98. The second-order valence-corrected chi connectivity index (χ2v) is 17.0. The SMILES string of the molecule is CC(C)C[C@H](NC(=O)[C@H](CO)NC(=O)[C@H](C)N)C(=O)N1CCC[C@H]1C(=O)N[C@@H](CCCCN)C(=O)N[C@H](C(=O)N[C@@H](Cc1ccc(O)cc1)C(=O)N[C@H](C(=O)O)C(C)C)C(C)C. The Morgan fingerprint density at radius 1 is 0.710 bits per heavy atom. The molecule has 62 heavy (non-hydrogen) atoms. The van der Waals surface area contributed by atoms with E-state index in [4.69, 9.17) is 11.5 Å². The normalized spacial score (nSPS) is 17.2. The molecular formula is C42H69N9O11. The summed E-state index contributed by atoms with van der Waals surface area (Å²) in [5, 5.41) is 44.9. The van der Waals surface area contributed by atoms with E-state index in [1.54, 1.807) is 39.8 Å². The second kappa shape index (κ2) is 25.6. The van der Waals surface area contributed by atoms with Crippen LogP contribution in [0.1, 0.15) is 92.6 Å². The Morgan fingerprint density at radius 2 is 1.26 bits per heavy atom. The number of aromatic hydroxyl groups is 1. The molecule has 20 heteroatoms. The summed E-state index contributed by atoms with van der Waals surface area (Å²) in [6.45, 7) is 11.4. The minimum absolute atomic E-state index is 0.0231. The number of aliphatic hydroxyl groups is 1. The summed E-state index contributed by atoms with van der Waals surface area (Å²) in [5.74, 6) is -7.32. The molecule has 7 amide bonds. The van der Waals surface area contributed by atoms with Crippen LogP contribution < -0.4 is 43.4 Å². The van der Waals surface area contributed by atoms with E-state index in [0.29, 0.717) is 31.4 Å². The topological polar surface area (TPSA) is 325 Å². The molecule has 20 nitrogen and oxygen atoms in total. The van der Waals surface area contributed by atoms with E-state index >= 15 is 0 Å². The standard InChI is InChI=1S/C42H69N9O11/c1-22(2)19-30(47-38(57)31(21-52)48-35(54)25(7)44)41(60)51-18-10-12-32(51)39(58)45-28(11-8-9-17-43)36(55)49-33(23(3)4)40(59)46-29(20-26-13-15-27(53)16-14-26)37(56)50-34(24(5)6)42(61)62/h13-16,22-25,28-34,52-53H,8-12,17-21,43-44H2,1-7H3,(H,45,58)(H,46,59)(H,47,57)(H,48,54)(H,49,55)(H,50,56)(H,61,62)/t25-,28-,29-,30-,31-,32-,33-,34-/m0/s1. The Bertz CT molecular complexity index is 1690. The molecule has 1 heterocycles. The van der Waals surface area contributed by atoms with E-state index < -0.39 is 114 Å². The summed E-state index contributed by atoms with van der Waals surface area (Å²) >= 11 is 0. The number of carboxylic acid groups (broad SMARTS) is 1. The van der Waals surface area contributed by atoms with Crippen LogP contribution in [0.2, 0.25) is 0 Å². The van der Waals surface area contributed by atoms with E-state index in [1.807, 2.05) is 13.8 Å². The highest BCUT2D eigenvalue weighted by Crippen LogP contribution is 2.22. The average Bonchev–Trinajstić information content (AvgIpc) is 3.70. The lowest BCUT2D eigenvalue weighted by atomic mass is 9.99. The Hall–Kier alpha value is -5.34. The molecule has 0 aliphatic carbocycles. The smallest absolute Gasteiger partial charge is 0.326 e. The van der Waals surface area contributed by atoms with Crippen LogP contribution in [0.15, 0.2) is 24.3 Å². The summed E-state index contributed by atoms with van der Waals surface area (Å²) in [5.41, 5.74) is 11.9. The quantitative estimate of drug-likeness (QED) is 0.0512. The van der Waals surface area contributed by atoms with Crippen LogP contribution in [0.3, 0.4) is 0 Å². The molecule has 0 saturated carbocycles. The molecule has 2 rings (SSSR count). The van der Waals surface area contributed by atoms with E-state index in [9.17, 15) is 53.7 Å². The largest absolute Gasteiger partial charge is 0.508 e. The molecular weight excluding hydrogens is 807 g/mol. The van der Waals surface area contributed by atoms with Gasteiger partial charge in [0.15, 0.2) is 0 Å². The number of carbonyl (C=O) groups excluding carboxylic acids is 7. The average molecular weight is 876 g/mol. The fraction of sp³-hybridized carbons (Fsp3) is 0.667. The number of benzene rings is 1. The van der Waals surface area contributed by atoms with Gasteiger partial charge in [-0.1, -0.05) is 53.7 Å². The highest BCUT2D eigenvalue weighted by Gasteiger charge is 2.40. The zero-order chi connectivity index (χ0) is 46.8. The van der Waals surface area contributed by atoms with Crippen molar-refractivity contribution in [3.8, 4) is 5.75 Å². The number of rotatable bonds is 25. The zero-order valence-corrected chi connectivity index (χ0v) is 36.9. The summed E-state index contributed by atoms with van der Waals surface area (Å²) < 4.78 is 0. The second-order valence-electron chi connectivity index (χ2n) is 17.0. The van der Waals surface area contributed by atoms with Crippen LogP contribution in [0.25, 0.3) is 0 Å². The number of unbranched alkanes of at least 4 members (excludes halogenated alkanes) is 1. The lowest BCUT2D eigenvalue weighted by Crippen LogP contribution is -2.61. The number of aliphatic carboxylic acids is 1. The van der Waals surface area contributed by atoms with Crippen molar-refractivity contribution in [2.75, 3.05) is 19.7 Å². The molecule has 348 valence electrons. The molecule has 13 N–H and O–H groups in total. The van der Waals surface area contributed by atoms with E-state index in [1.165, 1.54) is 24.0 Å². The Labute approximate surface area is 363 Å².